The van der Waals surface area contributed by atoms with Crippen molar-refractivity contribution in [3.05, 3.63) is 81.9 Å². The molecule has 0 N–H and O–H groups in total. The van der Waals surface area contributed by atoms with Crippen molar-refractivity contribution >= 4 is 11.0 Å². The second kappa shape index (κ2) is 8.56. The van der Waals surface area contributed by atoms with Gasteiger partial charge in [-0.1, -0.05) is 65.8 Å². The number of aryl methyl sites for hydroxylation is 2. The zero-order chi connectivity index (χ0) is 27.9. The summed E-state index contributed by atoms with van der Waals surface area (Å²) in [7, 11) is 0. The Balaban J connectivity index is 1.89. The van der Waals surface area contributed by atoms with E-state index >= 15 is 0 Å². The summed E-state index contributed by atoms with van der Waals surface area (Å²) in [6.45, 7) is 18.9. The van der Waals surface area contributed by atoms with Crippen molar-refractivity contribution in [2.75, 3.05) is 0 Å². The number of nitrogens with zero attached hydrogens (tertiary/aromatic N) is 3. The molecule has 0 radical (unpaired) electrons. The molecule has 0 spiro atoms. The molecule has 0 fully saturated rings. The molecule has 2 aliphatic rings. The van der Waals surface area contributed by atoms with Gasteiger partial charge in [-0.2, -0.15) is 9.83 Å². The van der Waals surface area contributed by atoms with Crippen LogP contribution >= 0.6 is 0 Å². The molecule has 2 heterocycles. The molecule has 0 bridgehead atoms. The lowest BCUT2D eigenvalue weighted by Crippen LogP contribution is -2.60. The van der Waals surface area contributed by atoms with Crippen LogP contribution in [0, 0.1) is 25.2 Å². The fraction of sp³-hybridized carbons (Fsp3) is 0.444. The largest absolute Gasteiger partial charge is 0.295 e. The van der Waals surface area contributed by atoms with E-state index in [4.69, 9.17) is 0 Å². The van der Waals surface area contributed by atoms with Crippen LogP contribution in [0.2, 0.25) is 0 Å². The molecule has 3 nitrogen and oxygen atoms in total. The topological polar surface area (TPSA) is 32.6 Å². The highest BCUT2D eigenvalue weighted by Crippen LogP contribution is 2.49. The van der Waals surface area contributed by atoms with Gasteiger partial charge in [0.1, 0.15) is 11.2 Å². The lowest BCUT2D eigenvalue weighted by molar-refractivity contribution is -0.736. The summed E-state index contributed by atoms with van der Waals surface area (Å²) in [4.78, 5) is 0. The van der Waals surface area contributed by atoms with Gasteiger partial charge in [0, 0.05) is 6.42 Å². The maximum Gasteiger partial charge on any atom is 0.295 e. The third-order valence-electron chi connectivity index (χ3n) is 10.3. The number of benzene rings is 3. The zero-order valence-corrected chi connectivity index (χ0v) is 25.0. The molecule has 0 atom stereocenters. The van der Waals surface area contributed by atoms with Crippen LogP contribution < -0.4 is 4.57 Å². The second-order valence-corrected chi connectivity index (χ2v) is 13.5. The number of hydrogen-bond donors (Lipinski definition) is 0. The van der Waals surface area contributed by atoms with Crippen LogP contribution in [0.5, 0.6) is 0 Å². The Bertz CT molecular complexity index is 1660. The lowest BCUT2D eigenvalue weighted by Gasteiger charge is -2.41. The number of fused-ring (bicyclic) bond motifs is 6. The summed E-state index contributed by atoms with van der Waals surface area (Å²) >= 11 is 0. The van der Waals surface area contributed by atoms with Gasteiger partial charge in [-0.25, -0.2) is 4.57 Å². The van der Waals surface area contributed by atoms with Crippen LogP contribution in [0.15, 0.2) is 48.5 Å². The number of para-hydroxylation sites is 1. The molecule has 4 aromatic rings. The van der Waals surface area contributed by atoms with Crippen molar-refractivity contribution < 1.29 is 4.57 Å². The maximum absolute atomic E-state index is 9.89. The number of rotatable bonds is 3. The number of imidazole rings is 1. The molecule has 3 heteroatoms. The van der Waals surface area contributed by atoms with E-state index in [-0.39, 0.29) is 16.4 Å². The summed E-state index contributed by atoms with van der Waals surface area (Å²) in [5, 5.41) is 9.89. The van der Waals surface area contributed by atoms with Gasteiger partial charge in [0.2, 0.25) is 0 Å². The van der Waals surface area contributed by atoms with E-state index in [9.17, 15) is 5.26 Å². The monoisotopic (exact) mass is 516 g/mol. The molecule has 6 rings (SSSR count). The van der Waals surface area contributed by atoms with Crippen LogP contribution in [-0.2, 0) is 22.8 Å². The molecule has 1 aromatic heterocycles. The number of nitriles is 1. The second-order valence-electron chi connectivity index (χ2n) is 13.5. The lowest BCUT2D eigenvalue weighted by atomic mass is 9.63. The molecule has 3 aromatic carbocycles. The normalized spacial score (nSPS) is 18.2. The molecule has 1 aliphatic heterocycles. The van der Waals surface area contributed by atoms with Crippen molar-refractivity contribution in [3.8, 4) is 23.1 Å². The minimum atomic E-state index is -0.0286. The summed E-state index contributed by atoms with van der Waals surface area (Å²) in [6.07, 6.45) is 5.48. The summed E-state index contributed by atoms with van der Waals surface area (Å²) in [5.41, 5.74) is 12.9. The first kappa shape index (κ1) is 25.9. The number of aromatic nitrogens is 2. The Morgan fingerprint density at radius 3 is 2.08 bits per heavy atom. The van der Waals surface area contributed by atoms with Gasteiger partial charge in [-0.15, -0.1) is 0 Å². The van der Waals surface area contributed by atoms with Crippen LogP contribution in [-0.4, -0.2) is 4.57 Å². The molecule has 0 saturated heterocycles. The Morgan fingerprint density at radius 2 is 1.49 bits per heavy atom. The highest BCUT2D eigenvalue weighted by atomic mass is 15.2. The van der Waals surface area contributed by atoms with Gasteiger partial charge < -0.3 is 0 Å². The van der Waals surface area contributed by atoms with Crippen molar-refractivity contribution in [1.82, 2.24) is 4.57 Å². The Morgan fingerprint density at radius 1 is 0.872 bits per heavy atom. The van der Waals surface area contributed by atoms with Crippen molar-refractivity contribution in [3.63, 3.8) is 0 Å². The van der Waals surface area contributed by atoms with Gasteiger partial charge in [0.25, 0.3) is 5.82 Å². The smallest absolute Gasteiger partial charge is 0.217 e. The third kappa shape index (κ3) is 3.57. The van der Waals surface area contributed by atoms with E-state index in [1.807, 2.05) is 6.07 Å². The van der Waals surface area contributed by atoms with Crippen LogP contribution in [0.4, 0.5) is 0 Å². The molecule has 0 saturated carbocycles. The van der Waals surface area contributed by atoms with Gasteiger partial charge in [0.05, 0.1) is 17.2 Å². The van der Waals surface area contributed by atoms with Crippen molar-refractivity contribution in [2.24, 2.45) is 0 Å². The van der Waals surface area contributed by atoms with E-state index in [1.54, 1.807) is 0 Å². The fourth-order valence-corrected chi connectivity index (χ4v) is 7.64. The van der Waals surface area contributed by atoms with Gasteiger partial charge >= 0.3 is 0 Å². The van der Waals surface area contributed by atoms with Gasteiger partial charge in [-0.3, -0.25) is 0 Å². The Kier molecular flexibility index (Phi) is 5.68. The first-order valence-electron chi connectivity index (χ1n) is 14.7. The van der Waals surface area contributed by atoms with Gasteiger partial charge in [-0.05, 0) is 102 Å². The average molecular weight is 517 g/mol. The summed E-state index contributed by atoms with van der Waals surface area (Å²) in [5.74, 6) is 1.22. The summed E-state index contributed by atoms with van der Waals surface area (Å²) < 4.78 is 5.24. The predicted molar refractivity (Wildman–Crippen MR) is 161 cm³/mol. The minimum Gasteiger partial charge on any atom is -0.217 e. The highest BCUT2D eigenvalue weighted by molar-refractivity contribution is 5.84. The molecular weight excluding hydrogens is 474 g/mol. The maximum atomic E-state index is 9.89. The first-order chi connectivity index (χ1) is 18.5. The Hall–Kier alpha value is -3.38. The molecule has 200 valence electrons. The van der Waals surface area contributed by atoms with E-state index in [0.29, 0.717) is 0 Å². The Labute approximate surface area is 234 Å². The molecule has 1 aliphatic carbocycles. The SMILES string of the molecule is CCC1(CC)Cc2ccc(C#N)cc2-c2n(-c3c(C)cccc3C)c3cc4c(cc3[n+]21)C(C)(C)CCC4(C)C. The highest BCUT2D eigenvalue weighted by Gasteiger charge is 2.48. The van der Waals surface area contributed by atoms with Crippen LogP contribution in [0.1, 0.15) is 101 Å². The van der Waals surface area contributed by atoms with Crippen molar-refractivity contribution in [1.29, 1.82) is 5.26 Å². The zero-order valence-electron chi connectivity index (χ0n) is 25.0. The van der Waals surface area contributed by atoms with E-state index in [0.717, 1.165) is 24.8 Å². The summed E-state index contributed by atoms with van der Waals surface area (Å²) in [6, 6.07) is 20.5. The predicted octanol–water partition coefficient (Wildman–Crippen LogP) is 8.49. The standard InChI is InChI=1S/C36H42N3/c1-9-36(10-2)21-26-15-14-25(22-37)18-27(26)33-38(32-23(3)12-11-13-24(32)4)30-19-28-29(20-31(30)39(33)36)35(7,8)17-16-34(28,5)6/h11-15,18-20H,9-10,16-17,21H2,1-8H3/q+1. The van der Waals surface area contributed by atoms with Crippen LogP contribution in [0.3, 0.4) is 0 Å². The van der Waals surface area contributed by atoms with E-state index in [1.165, 1.54) is 68.8 Å². The first-order valence-corrected chi connectivity index (χ1v) is 14.7. The average Bonchev–Trinajstić information content (AvgIpc) is 3.25. The molecule has 39 heavy (non-hydrogen) atoms. The molecular formula is C36H42N3+. The van der Waals surface area contributed by atoms with E-state index in [2.05, 4.69) is 113 Å². The van der Waals surface area contributed by atoms with Crippen LogP contribution in [0.25, 0.3) is 28.1 Å². The number of hydrogen-bond acceptors (Lipinski definition) is 1. The fourth-order valence-electron chi connectivity index (χ4n) is 7.64. The third-order valence-corrected chi connectivity index (χ3v) is 10.3. The van der Waals surface area contributed by atoms with Gasteiger partial charge in [0.15, 0.2) is 11.0 Å². The molecule has 0 unspecified atom stereocenters. The van der Waals surface area contributed by atoms with E-state index < -0.39 is 0 Å². The quantitative estimate of drug-likeness (QED) is 0.251. The van der Waals surface area contributed by atoms with Crippen molar-refractivity contribution in [2.45, 2.75) is 104 Å². The molecule has 0 amide bonds. The minimum absolute atomic E-state index is 0.0286.